The average Bonchev–Trinajstić information content (AvgIpc) is 3.33. The molecular formula is C26H32N4O6S. The van der Waals surface area contributed by atoms with Gasteiger partial charge in [-0.15, -0.1) is 0 Å². The molecule has 1 saturated heterocycles. The van der Waals surface area contributed by atoms with E-state index in [1.807, 2.05) is 29.4 Å². The third-order valence-electron chi connectivity index (χ3n) is 6.77. The number of hydrogen-bond donors (Lipinski definition) is 0. The molecule has 1 aromatic carbocycles. The Morgan fingerprint density at radius 1 is 1.05 bits per heavy atom. The van der Waals surface area contributed by atoms with Crippen LogP contribution < -0.4 is 9.47 Å². The number of allylic oxidation sites excluding steroid dienone is 1. The minimum Gasteiger partial charge on any atom is -0.497 e. The van der Waals surface area contributed by atoms with Crippen molar-refractivity contribution in [2.24, 2.45) is 4.99 Å². The van der Waals surface area contributed by atoms with E-state index in [9.17, 15) is 14.4 Å². The molecule has 4 rings (SSSR count). The number of methoxy groups -OCH3 is 3. The molecule has 0 bridgehead atoms. The van der Waals surface area contributed by atoms with E-state index in [1.165, 1.54) is 18.9 Å². The monoisotopic (exact) mass is 528 g/mol. The van der Waals surface area contributed by atoms with Gasteiger partial charge in [-0.25, -0.2) is 9.79 Å². The molecule has 0 saturated carbocycles. The number of thioether (sulfide) groups is 1. The van der Waals surface area contributed by atoms with Crippen molar-refractivity contribution >= 4 is 34.7 Å². The first-order chi connectivity index (χ1) is 17.8. The highest BCUT2D eigenvalue weighted by Gasteiger charge is 2.43. The number of carbonyl (C=O) groups is 3. The van der Waals surface area contributed by atoms with Crippen molar-refractivity contribution in [1.29, 1.82) is 0 Å². The molecule has 0 unspecified atom stereocenters. The van der Waals surface area contributed by atoms with E-state index in [0.717, 1.165) is 11.3 Å². The number of carbonyl (C=O) groups excluding carboxylic acids is 3. The molecule has 3 aliphatic rings. The molecule has 3 heterocycles. The lowest BCUT2D eigenvalue weighted by molar-refractivity contribution is -0.138. The van der Waals surface area contributed by atoms with Gasteiger partial charge >= 0.3 is 5.97 Å². The Kier molecular flexibility index (Phi) is 8.11. The number of hydrogen-bond acceptors (Lipinski definition) is 9. The number of rotatable bonds is 7. The Morgan fingerprint density at radius 2 is 1.76 bits per heavy atom. The van der Waals surface area contributed by atoms with Crippen molar-refractivity contribution < 1.29 is 28.6 Å². The van der Waals surface area contributed by atoms with Crippen LogP contribution in [0.4, 0.5) is 0 Å². The summed E-state index contributed by atoms with van der Waals surface area (Å²) in [5.41, 5.74) is 2.52. The second kappa shape index (κ2) is 11.3. The molecule has 198 valence electrons. The van der Waals surface area contributed by atoms with Crippen molar-refractivity contribution in [3.63, 3.8) is 0 Å². The lowest BCUT2D eigenvalue weighted by atomic mass is 9.92. The van der Waals surface area contributed by atoms with Crippen LogP contribution in [0, 0.1) is 0 Å². The van der Waals surface area contributed by atoms with Crippen LogP contribution >= 0.6 is 11.8 Å². The predicted molar refractivity (Wildman–Crippen MR) is 140 cm³/mol. The lowest BCUT2D eigenvalue weighted by Crippen LogP contribution is -2.50. The largest absolute Gasteiger partial charge is 0.497 e. The lowest BCUT2D eigenvalue weighted by Gasteiger charge is -2.38. The van der Waals surface area contributed by atoms with Crippen LogP contribution in [0.1, 0.15) is 38.3 Å². The summed E-state index contributed by atoms with van der Waals surface area (Å²) in [6, 6.07) is 4.86. The number of esters is 1. The van der Waals surface area contributed by atoms with Crippen molar-refractivity contribution in [3.05, 3.63) is 46.1 Å². The van der Waals surface area contributed by atoms with Gasteiger partial charge in [-0.1, -0.05) is 18.7 Å². The molecule has 1 aromatic rings. The van der Waals surface area contributed by atoms with Gasteiger partial charge in [0.15, 0.2) is 5.17 Å². The Hall–Kier alpha value is -3.47. The van der Waals surface area contributed by atoms with Gasteiger partial charge in [0.25, 0.3) is 0 Å². The molecule has 1 fully saturated rings. The third-order valence-corrected chi connectivity index (χ3v) is 7.66. The molecule has 0 aliphatic carbocycles. The summed E-state index contributed by atoms with van der Waals surface area (Å²) in [6.45, 7) is 5.50. The number of benzene rings is 1. The van der Waals surface area contributed by atoms with Gasteiger partial charge in [-0.05, 0) is 24.0 Å². The summed E-state index contributed by atoms with van der Waals surface area (Å²) in [6.07, 6.45) is 0.670. The molecule has 10 nitrogen and oxygen atoms in total. The second-order valence-corrected chi connectivity index (χ2v) is 9.61. The van der Waals surface area contributed by atoms with Crippen LogP contribution in [0.25, 0.3) is 0 Å². The Labute approximate surface area is 220 Å². The highest BCUT2D eigenvalue weighted by molar-refractivity contribution is 8.16. The van der Waals surface area contributed by atoms with Crippen molar-refractivity contribution in [1.82, 2.24) is 14.7 Å². The number of aliphatic imine (C=N–C) groups is 1. The van der Waals surface area contributed by atoms with Crippen LogP contribution in [-0.4, -0.2) is 85.2 Å². The fourth-order valence-corrected chi connectivity index (χ4v) is 5.73. The van der Waals surface area contributed by atoms with Gasteiger partial charge in [0.1, 0.15) is 11.5 Å². The minimum absolute atomic E-state index is 0.0151. The van der Waals surface area contributed by atoms with Crippen LogP contribution in [0.5, 0.6) is 11.5 Å². The third kappa shape index (κ3) is 5.18. The Balaban J connectivity index is 1.69. The van der Waals surface area contributed by atoms with Gasteiger partial charge in [0.05, 0.1) is 45.1 Å². The molecule has 2 amide bonds. The van der Waals surface area contributed by atoms with Gasteiger partial charge in [-0.3, -0.25) is 9.59 Å². The maximum absolute atomic E-state index is 13.3. The standard InChI is InChI=1S/C26H32N4O6S/c1-6-20-23(25(33)36-5)24(19-8-7-18(34-3)14-21(19)35-4)30-17(15-37-26(30)27-20)13-22(32)29-11-9-28(10-12-29)16(2)31/h7-8,14-15,24H,6,9-13H2,1-5H3/t24-/m0/s1. The summed E-state index contributed by atoms with van der Waals surface area (Å²) < 4.78 is 16.3. The van der Waals surface area contributed by atoms with Gasteiger partial charge < -0.3 is 28.9 Å². The summed E-state index contributed by atoms with van der Waals surface area (Å²) in [5.74, 6) is 0.662. The van der Waals surface area contributed by atoms with E-state index < -0.39 is 12.0 Å². The SMILES string of the molecule is CCC1=C(C(=O)OC)[C@H](c2ccc(OC)cc2OC)N2C(CC(=O)N3CCN(C(C)=O)CC3)=CSC2=N1. The zero-order valence-electron chi connectivity index (χ0n) is 21.8. The highest BCUT2D eigenvalue weighted by Crippen LogP contribution is 2.48. The van der Waals surface area contributed by atoms with E-state index in [2.05, 4.69) is 0 Å². The van der Waals surface area contributed by atoms with Gasteiger partial charge in [0.2, 0.25) is 11.8 Å². The minimum atomic E-state index is -0.598. The van der Waals surface area contributed by atoms with E-state index in [1.54, 1.807) is 37.0 Å². The summed E-state index contributed by atoms with van der Waals surface area (Å²) in [5, 5.41) is 2.61. The topological polar surface area (TPSA) is 101 Å². The number of piperazine rings is 1. The summed E-state index contributed by atoms with van der Waals surface area (Å²) in [7, 11) is 4.50. The van der Waals surface area contributed by atoms with Crippen LogP contribution in [0.3, 0.4) is 0 Å². The van der Waals surface area contributed by atoms with E-state index in [4.69, 9.17) is 19.2 Å². The highest BCUT2D eigenvalue weighted by atomic mass is 32.2. The predicted octanol–water partition coefficient (Wildman–Crippen LogP) is 2.92. The average molecular weight is 529 g/mol. The fraction of sp³-hybridized carbons (Fsp3) is 0.462. The first kappa shape index (κ1) is 26.6. The van der Waals surface area contributed by atoms with Crippen molar-refractivity contribution in [3.8, 4) is 11.5 Å². The molecule has 0 aromatic heterocycles. The fourth-order valence-electron chi connectivity index (χ4n) is 4.79. The zero-order valence-corrected chi connectivity index (χ0v) is 22.6. The maximum atomic E-state index is 13.3. The molecular weight excluding hydrogens is 496 g/mol. The maximum Gasteiger partial charge on any atom is 0.338 e. The van der Waals surface area contributed by atoms with E-state index >= 15 is 0 Å². The quantitative estimate of drug-likeness (QED) is 0.498. The molecule has 11 heteroatoms. The molecule has 0 N–H and O–H groups in total. The number of amidine groups is 1. The molecule has 1 atom stereocenters. The number of fused-ring (bicyclic) bond motifs is 1. The van der Waals surface area contributed by atoms with E-state index in [0.29, 0.717) is 60.5 Å². The van der Waals surface area contributed by atoms with E-state index in [-0.39, 0.29) is 18.2 Å². The van der Waals surface area contributed by atoms with Crippen molar-refractivity contribution in [2.75, 3.05) is 47.5 Å². The Morgan fingerprint density at radius 3 is 2.35 bits per heavy atom. The van der Waals surface area contributed by atoms with Gasteiger partial charge in [-0.2, -0.15) is 0 Å². The number of ether oxygens (including phenoxy) is 3. The molecule has 37 heavy (non-hydrogen) atoms. The van der Waals surface area contributed by atoms with Crippen LogP contribution in [0.2, 0.25) is 0 Å². The van der Waals surface area contributed by atoms with Gasteiger partial charge in [0, 0.05) is 50.4 Å². The smallest absolute Gasteiger partial charge is 0.338 e. The second-order valence-electron chi connectivity index (χ2n) is 8.77. The molecule has 3 aliphatic heterocycles. The molecule has 0 radical (unpaired) electrons. The Bertz CT molecular complexity index is 1190. The van der Waals surface area contributed by atoms with Crippen LogP contribution in [-0.2, 0) is 19.1 Å². The normalized spacial score (nSPS) is 19.3. The first-order valence-electron chi connectivity index (χ1n) is 12.1. The summed E-state index contributed by atoms with van der Waals surface area (Å²) >= 11 is 1.43. The first-order valence-corrected chi connectivity index (χ1v) is 13.0. The van der Waals surface area contributed by atoms with Crippen molar-refractivity contribution in [2.45, 2.75) is 32.7 Å². The summed E-state index contributed by atoms with van der Waals surface area (Å²) in [4.78, 5) is 48.3. The number of nitrogens with zero attached hydrogens (tertiary/aromatic N) is 4. The number of amides is 2. The zero-order chi connectivity index (χ0) is 26.7. The van der Waals surface area contributed by atoms with Crippen LogP contribution in [0.15, 0.2) is 45.6 Å². The molecule has 0 spiro atoms.